The molecule has 2 rings (SSSR count). The van der Waals surface area contributed by atoms with E-state index in [9.17, 15) is 14.4 Å². The van der Waals surface area contributed by atoms with Crippen molar-refractivity contribution < 1.29 is 4.79 Å². The maximum absolute atomic E-state index is 12.0. The Kier molecular flexibility index (Phi) is 4.37. The molecule has 6 heteroatoms. The lowest BCUT2D eigenvalue weighted by molar-refractivity contribution is -0.121. The summed E-state index contributed by atoms with van der Waals surface area (Å²) in [5.74, 6) is -0.271. The van der Waals surface area contributed by atoms with E-state index in [2.05, 4.69) is 15.3 Å². The van der Waals surface area contributed by atoms with Gasteiger partial charge in [-0.2, -0.15) is 0 Å². The third-order valence-corrected chi connectivity index (χ3v) is 3.27. The maximum Gasteiger partial charge on any atom is 0.325 e. The van der Waals surface area contributed by atoms with Crippen LogP contribution < -0.4 is 16.6 Å². The first-order chi connectivity index (χ1) is 9.97. The van der Waals surface area contributed by atoms with E-state index in [4.69, 9.17) is 0 Å². The second-order valence-electron chi connectivity index (χ2n) is 4.89. The van der Waals surface area contributed by atoms with Crippen molar-refractivity contribution in [3.8, 4) is 0 Å². The van der Waals surface area contributed by atoms with Gasteiger partial charge in [-0.05, 0) is 19.4 Å². The molecule has 0 spiro atoms. The fraction of sp³-hybridized carbons (Fsp3) is 0.267. The Hall–Kier alpha value is -2.63. The number of nitrogens with one attached hydrogen (secondary N) is 3. The molecule has 2 aromatic rings. The summed E-state index contributed by atoms with van der Waals surface area (Å²) in [5.41, 5.74) is 0.564. The zero-order chi connectivity index (χ0) is 15.4. The smallest absolute Gasteiger partial charge is 0.325 e. The van der Waals surface area contributed by atoms with Crippen LogP contribution in [-0.4, -0.2) is 15.9 Å². The number of hydrogen-bond donors (Lipinski definition) is 3. The first-order valence-corrected chi connectivity index (χ1v) is 6.63. The molecule has 0 bridgehead atoms. The van der Waals surface area contributed by atoms with Crippen molar-refractivity contribution in [1.29, 1.82) is 0 Å². The van der Waals surface area contributed by atoms with Crippen LogP contribution in [0.4, 0.5) is 0 Å². The average Bonchev–Trinajstić information content (AvgIpc) is 2.43. The number of benzene rings is 1. The largest absolute Gasteiger partial charge is 0.349 e. The number of amides is 1. The van der Waals surface area contributed by atoms with E-state index in [1.54, 1.807) is 6.92 Å². The second-order valence-corrected chi connectivity index (χ2v) is 4.89. The van der Waals surface area contributed by atoms with Gasteiger partial charge in [0.2, 0.25) is 5.91 Å². The SMILES string of the molecule is Cc1[nH]c(=O)[nH]c(=O)c1CC(=O)N[C@H](C)c1ccccc1. The highest BCUT2D eigenvalue weighted by molar-refractivity contribution is 5.79. The van der Waals surface area contributed by atoms with Crippen molar-refractivity contribution >= 4 is 5.91 Å². The minimum Gasteiger partial charge on any atom is -0.349 e. The van der Waals surface area contributed by atoms with Gasteiger partial charge in [-0.25, -0.2) is 4.79 Å². The van der Waals surface area contributed by atoms with Gasteiger partial charge in [-0.1, -0.05) is 30.3 Å². The topological polar surface area (TPSA) is 94.8 Å². The van der Waals surface area contributed by atoms with E-state index >= 15 is 0 Å². The summed E-state index contributed by atoms with van der Waals surface area (Å²) in [5, 5.41) is 2.83. The van der Waals surface area contributed by atoms with Crippen LogP contribution in [0.25, 0.3) is 0 Å². The molecule has 0 radical (unpaired) electrons. The fourth-order valence-corrected chi connectivity index (χ4v) is 2.12. The quantitative estimate of drug-likeness (QED) is 0.776. The van der Waals surface area contributed by atoms with Crippen molar-refractivity contribution in [2.45, 2.75) is 26.3 Å². The first-order valence-electron chi connectivity index (χ1n) is 6.63. The molecule has 110 valence electrons. The highest BCUT2D eigenvalue weighted by Gasteiger charge is 2.14. The summed E-state index contributed by atoms with van der Waals surface area (Å²) in [4.78, 5) is 39.4. The van der Waals surface area contributed by atoms with Gasteiger partial charge in [0.05, 0.1) is 12.5 Å². The number of aromatic nitrogens is 2. The molecule has 21 heavy (non-hydrogen) atoms. The molecule has 1 atom stereocenters. The number of carbonyl (C=O) groups is 1. The minimum atomic E-state index is -0.570. The van der Waals surface area contributed by atoms with Crippen LogP contribution in [0.2, 0.25) is 0 Å². The van der Waals surface area contributed by atoms with Gasteiger partial charge < -0.3 is 10.3 Å². The number of aromatic amines is 2. The van der Waals surface area contributed by atoms with Crippen LogP contribution in [0.3, 0.4) is 0 Å². The lowest BCUT2D eigenvalue weighted by atomic mass is 10.1. The van der Waals surface area contributed by atoms with Crippen molar-refractivity contribution in [1.82, 2.24) is 15.3 Å². The standard InChI is InChI=1S/C15H17N3O3/c1-9(11-6-4-3-5-7-11)16-13(19)8-12-10(2)17-15(21)18-14(12)20/h3-7,9H,8H2,1-2H3,(H,16,19)(H2,17,18,20,21)/t9-/m1/s1. The van der Waals surface area contributed by atoms with Crippen molar-refractivity contribution in [2.75, 3.05) is 0 Å². The Morgan fingerprint density at radius 2 is 1.86 bits per heavy atom. The fourth-order valence-electron chi connectivity index (χ4n) is 2.12. The number of carbonyl (C=O) groups excluding carboxylic acids is 1. The van der Waals surface area contributed by atoms with Crippen LogP contribution in [0.5, 0.6) is 0 Å². The molecule has 1 aromatic heterocycles. The molecule has 0 aliphatic rings. The van der Waals surface area contributed by atoms with Gasteiger partial charge in [0, 0.05) is 11.3 Å². The normalized spacial score (nSPS) is 11.9. The van der Waals surface area contributed by atoms with Crippen molar-refractivity contribution in [3.05, 3.63) is 68.0 Å². The van der Waals surface area contributed by atoms with E-state index < -0.39 is 11.2 Å². The summed E-state index contributed by atoms with van der Waals surface area (Å²) in [6.45, 7) is 3.47. The third kappa shape index (κ3) is 3.68. The van der Waals surface area contributed by atoms with Gasteiger partial charge in [0.15, 0.2) is 0 Å². The van der Waals surface area contributed by atoms with Crippen LogP contribution in [0.15, 0.2) is 39.9 Å². The summed E-state index contributed by atoms with van der Waals surface area (Å²) < 4.78 is 0. The minimum absolute atomic E-state index is 0.0743. The van der Waals surface area contributed by atoms with Crippen LogP contribution in [-0.2, 0) is 11.2 Å². The monoisotopic (exact) mass is 287 g/mol. The summed E-state index contributed by atoms with van der Waals surface area (Å²) in [7, 11) is 0. The second kappa shape index (κ2) is 6.21. The molecule has 1 amide bonds. The number of aryl methyl sites for hydroxylation is 1. The average molecular weight is 287 g/mol. The molecule has 0 aliphatic carbocycles. The van der Waals surface area contributed by atoms with E-state index in [1.165, 1.54) is 0 Å². The van der Waals surface area contributed by atoms with Gasteiger partial charge in [0.25, 0.3) is 5.56 Å². The zero-order valence-corrected chi connectivity index (χ0v) is 11.9. The number of hydrogen-bond acceptors (Lipinski definition) is 3. The summed E-state index contributed by atoms with van der Waals surface area (Å²) >= 11 is 0. The predicted molar refractivity (Wildman–Crippen MR) is 79.1 cm³/mol. The van der Waals surface area contributed by atoms with E-state index in [0.717, 1.165) is 5.56 Å². The Balaban J connectivity index is 2.09. The van der Waals surface area contributed by atoms with Gasteiger partial charge in [0.1, 0.15) is 0 Å². The van der Waals surface area contributed by atoms with E-state index in [1.807, 2.05) is 37.3 Å². The van der Waals surface area contributed by atoms with Crippen LogP contribution in [0.1, 0.15) is 29.8 Å². The van der Waals surface area contributed by atoms with Gasteiger partial charge in [-0.3, -0.25) is 14.6 Å². The third-order valence-electron chi connectivity index (χ3n) is 3.27. The Morgan fingerprint density at radius 3 is 2.48 bits per heavy atom. The molecule has 0 saturated heterocycles. The molecule has 0 fully saturated rings. The molecule has 0 saturated carbocycles. The molecule has 6 nitrogen and oxygen atoms in total. The highest BCUT2D eigenvalue weighted by Crippen LogP contribution is 2.11. The molecule has 0 unspecified atom stereocenters. The Labute approximate surface area is 121 Å². The Bertz CT molecular complexity index is 747. The Morgan fingerprint density at radius 1 is 1.19 bits per heavy atom. The van der Waals surface area contributed by atoms with Gasteiger partial charge >= 0.3 is 5.69 Å². The molecule has 1 aromatic carbocycles. The molecular weight excluding hydrogens is 270 g/mol. The molecule has 0 aliphatic heterocycles. The van der Waals surface area contributed by atoms with Gasteiger partial charge in [-0.15, -0.1) is 0 Å². The van der Waals surface area contributed by atoms with E-state index in [0.29, 0.717) is 5.69 Å². The van der Waals surface area contributed by atoms with Crippen molar-refractivity contribution in [2.24, 2.45) is 0 Å². The molecular formula is C15H17N3O3. The lowest BCUT2D eigenvalue weighted by Gasteiger charge is -2.14. The maximum atomic E-state index is 12.0. The zero-order valence-electron chi connectivity index (χ0n) is 11.9. The summed E-state index contributed by atoms with van der Waals surface area (Å²) in [6.07, 6.45) is -0.0743. The van der Waals surface area contributed by atoms with E-state index in [-0.39, 0.29) is 23.9 Å². The number of rotatable bonds is 4. The van der Waals surface area contributed by atoms with Crippen LogP contribution >= 0.6 is 0 Å². The first kappa shape index (κ1) is 14.8. The molecule has 1 heterocycles. The highest BCUT2D eigenvalue weighted by atomic mass is 16.2. The summed E-state index contributed by atoms with van der Waals surface area (Å²) in [6, 6.07) is 9.39. The molecule has 3 N–H and O–H groups in total. The van der Waals surface area contributed by atoms with Crippen molar-refractivity contribution in [3.63, 3.8) is 0 Å². The predicted octanol–water partition coefficient (Wildman–Crippen LogP) is 0.792. The number of H-pyrrole nitrogens is 2. The van der Waals surface area contributed by atoms with Crippen LogP contribution in [0, 0.1) is 6.92 Å². The lowest BCUT2D eigenvalue weighted by Crippen LogP contribution is -2.33.